The van der Waals surface area contributed by atoms with Gasteiger partial charge in [0.1, 0.15) is 0 Å². The highest BCUT2D eigenvalue weighted by Gasteiger charge is 2.26. The lowest BCUT2D eigenvalue weighted by atomic mass is 9.87. The fourth-order valence-electron chi connectivity index (χ4n) is 1.29. The molecular formula is C10H12N2O4. The number of benzene rings is 1. The number of hydrogen-bond acceptors (Lipinski definition) is 4. The van der Waals surface area contributed by atoms with Gasteiger partial charge in [-0.15, -0.1) is 0 Å². The molecule has 0 spiro atoms. The minimum Gasteiger partial charge on any atom is -0.258 e. The third kappa shape index (κ3) is 2.33. The molecule has 0 atom stereocenters. The Kier molecular flexibility index (Phi) is 2.93. The number of nitro benzene ring substituents is 2. The van der Waals surface area contributed by atoms with Crippen LogP contribution in [0.3, 0.4) is 0 Å². The third-order valence-corrected chi connectivity index (χ3v) is 2.23. The molecule has 0 aliphatic carbocycles. The smallest absolute Gasteiger partial charge is 0.258 e. The fourth-order valence-corrected chi connectivity index (χ4v) is 1.29. The zero-order valence-electron chi connectivity index (χ0n) is 9.26. The minimum absolute atomic E-state index is 0.278. The van der Waals surface area contributed by atoms with Gasteiger partial charge in [-0.3, -0.25) is 20.2 Å². The van der Waals surface area contributed by atoms with Crippen LogP contribution in [0.1, 0.15) is 26.3 Å². The second kappa shape index (κ2) is 3.88. The van der Waals surface area contributed by atoms with E-state index in [1.807, 2.05) is 20.8 Å². The predicted molar refractivity (Wildman–Crippen MR) is 58.5 cm³/mol. The Labute approximate surface area is 92.2 Å². The van der Waals surface area contributed by atoms with Crippen LogP contribution in [0.2, 0.25) is 0 Å². The van der Waals surface area contributed by atoms with Crippen molar-refractivity contribution in [3.05, 3.63) is 44.0 Å². The Hall–Kier alpha value is -1.98. The molecule has 0 heterocycles. The van der Waals surface area contributed by atoms with Crippen molar-refractivity contribution in [1.82, 2.24) is 0 Å². The number of rotatable bonds is 2. The van der Waals surface area contributed by atoms with E-state index >= 15 is 0 Å². The van der Waals surface area contributed by atoms with Gasteiger partial charge in [0.15, 0.2) is 0 Å². The summed E-state index contributed by atoms with van der Waals surface area (Å²) < 4.78 is 0. The maximum absolute atomic E-state index is 10.7. The number of hydrogen-bond donors (Lipinski definition) is 0. The van der Waals surface area contributed by atoms with E-state index in [1.165, 1.54) is 12.1 Å². The van der Waals surface area contributed by atoms with E-state index in [4.69, 9.17) is 0 Å². The van der Waals surface area contributed by atoms with Gasteiger partial charge in [-0.25, -0.2) is 0 Å². The molecule has 86 valence electrons. The summed E-state index contributed by atoms with van der Waals surface area (Å²) in [6, 6.07) is 3.99. The standard InChI is InChI=1S/C10H12N2O4/c1-10(2,3)7-4-5-8(11(13)14)9(6-7)12(15)16/h4-6H,1-3H3. The molecule has 0 amide bonds. The van der Waals surface area contributed by atoms with E-state index in [2.05, 4.69) is 0 Å². The van der Waals surface area contributed by atoms with Gasteiger partial charge in [0.2, 0.25) is 0 Å². The van der Waals surface area contributed by atoms with Crippen LogP contribution >= 0.6 is 0 Å². The first-order valence-electron chi connectivity index (χ1n) is 4.67. The molecule has 0 bridgehead atoms. The quantitative estimate of drug-likeness (QED) is 0.570. The molecule has 0 saturated heterocycles. The van der Waals surface area contributed by atoms with Crippen LogP contribution in [0.5, 0.6) is 0 Å². The first-order chi connectivity index (χ1) is 7.23. The first-order valence-corrected chi connectivity index (χ1v) is 4.67. The van der Waals surface area contributed by atoms with E-state index < -0.39 is 21.2 Å². The maximum Gasteiger partial charge on any atom is 0.346 e. The van der Waals surface area contributed by atoms with E-state index in [1.54, 1.807) is 6.07 Å². The molecule has 16 heavy (non-hydrogen) atoms. The number of nitro groups is 2. The second-order valence-electron chi connectivity index (χ2n) is 4.47. The Balaban J connectivity index is 3.40. The topological polar surface area (TPSA) is 86.3 Å². The molecule has 0 aromatic heterocycles. The highest BCUT2D eigenvalue weighted by molar-refractivity contribution is 5.55. The largest absolute Gasteiger partial charge is 0.346 e. The van der Waals surface area contributed by atoms with Gasteiger partial charge >= 0.3 is 11.4 Å². The van der Waals surface area contributed by atoms with Crippen LogP contribution in [0.25, 0.3) is 0 Å². The summed E-state index contributed by atoms with van der Waals surface area (Å²) in [6.07, 6.45) is 0. The molecule has 0 radical (unpaired) electrons. The van der Waals surface area contributed by atoms with Crippen molar-refractivity contribution in [1.29, 1.82) is 0 Å². The number of nitrogens with zero attached hydrogens (tertiary/aromatic N) is 2. The zero-order valence-corrected chi connectivity index (χ0v) is 9.26. The van der Waals surface area contributed by atoms with Gasteiger partial charge in [-0.05, 0) is 11.0 Å². The van der Waals surface area contributed by atoms with Crippen LogP contribution in [-0.4, -0.2) is 9.85 Å². The molecule has 0 N–H and O–H groups in total. The summed E-state index contributed by atoms with van der Waals surface area (Å²) in [4.78, 5) is 19.8. The summed E-state index contributed by atoms with van der Waals surface area (Å²) in [5.74, 6) is 0. The second-order valence-corrected chi connectivity index (χ2v) is 4.47. The lowest BCUT2D eigenvalue weighted by molar-refractivity contribution is -0.422. The van der Waals surface area contributed by atoms with Gasteiger partial charge < -0.3 is 0 Å². The van der Waals surface area contributed by atoms with Crippen LogP contribution in [-0.2, 0) is 5.41 Å². The van der Waals surface area contributed by atoms with Crippen molar-refractivity contribution in [3.8, 4) is 0 Å². The summed E-state index contributed by atoms with van der Waals surface area (Å²) >= 11 is 0. The summed E-state index contributed by atoms with van der Waals surface area (Å²) in [6.45, 7) is 5.66. The van der Waals surface area contributed by atoms with Crippen LogP contribution in [0.15, 0.2) is 18.2 Å². The zero-order chi connectivity index (χ0) is 12.5. The van der Waals surface area contributed by atoms with E-state index in [0.717, 1.165) is 0 Å². The van der Waals surface area contributed by atoms with Gasteiger partial charge in [-0.1, -0.05) is 26.8 Å². The summed E-state index contributed by atoms with van der Waals surface area (Å²) in [5.41, 5.74) is -0.514. The van der Waals surface area contributed by atoms with E-state index in [9.17, 15) is 20.2 Å². The fraction of sp³-hybridized carbons (Fsp3) is 0.400. The predicted octanol–water partition coefficient (Wildman–Crippen LogP) is 2.80. The molecule has 6 heteroatoms. The summed E-state index contributed by atoms with van der Waals surface area (Å²) in [5, 5.41) is 21.3. The molecule has 0 aliphatic rings. The van der Waals surface area contributed by atoms with Gasteiger partial charge in [-0.2, -0.15) is 0 Å². The SMILES string of the molecule is CC(C)(C)c1ccc([N+](=O)[O-])c([N+](=O)[O-])c1. The van der Waals surface area contributed by atoms with Crippen LogP contribution in [0.4, 0.5) is 11.4 Å². The molecule has 1 aromatic carbocycles. The van der Waals surface area contributed by atoms with Gasteiger partial charge in [0.05, 0.1) is 9.85 Å². The van der Waals surface area contributed by atoms with Crippen LogP contribution < -0.4 is 0 Å². The normalized spacial score (nSPS) is 11.2. The molecule has 6 nitrogen and oxygen atoms in total. The highest BCUT2D eigenvalue weighted by Crippen LogP contribution is 2.32. The van der Waals surface area contributed by atoms with E-state index in [0.29, 0.717) is 5.56 Å². The molecule has 0 saturated carbocycles. The Morgan fingerprint density at radius 1 is 1.00 bits per heavy atom. The van der Waals surface area contributed by atoms with Gasteiger partial charge in [0, 0.05) is 12.1 Å². The van der Waals surface area contributed by atoms with Crippen LogP contribution in [0, 0.1) is 20.2 Å². The van der Waals surface area contributed by atoms with Crippen molar-refractivity contribution in [3.63, 3.8) is 0 Å². The monoisotopic (exact) mass is 224 g/mol. The Morgan fingerprint density at radius 3 is 1.88 bits per heavy atom. The average Bonchev–Trinajstić information content (AvgIpc) is 2.15. The first kappa shape index (κ1) is 12.1. The van der Waals surface area contributed by atoms with Crippen molar-refractivity contribution in [2.75, 3.05) is 0 Å². The average molecular weight is 224 g/mol. The third-order valence-electron chi connectivity index (χ3n) is 2.23. The molecule has 0 aliphatic heterocycles. The van der Waals surface area contributed by atoms with Crippen molar-refractivity contribution in [2.24, 2.45) is 0 Å². The maximum atomic E-state index is 10.7. The molecule has 1 aromatic rings. The summed E-state index contributed by atoms with van der Waals surface area (Å²) in [7, 11) is 0. The minimum atomic E-state index is -0.745. The lowest BCUT2D eigenvalue weighted by Crippen LogP contribution is -2.11. The Morgan fingerprint density at radius 2 is 1.50 bits per heavy atom. The lowest BCUT2D eigenvalue weighted by Gasteiger charge is -2.18. The van der Waals surface area contributed by atoms with E-state index in [-0.39, 0.29) is 5.41 Å². The van der Waals surface area contributed by atoms with Crippen molar-refractivity contribution >= 4 is 11.4 Å². The Bertz CT molecular complexity index is 449. The van der Waals surface area contributed by atoms with Crippen molar-refractivity contribution < 1.29 is 9.85 Å². The molecular weight excluding hydrogens is 212 g/mol. The molecule has 0 unspecified atom stereocenters. The van der Waals surface area contributed by atoms with Crippen molar-refractivity contribution in [2.45, 2.75) is 26.2 Å². The highest BCUT2D eigenvalue weighted by atomic mass is 16.6. The van der Waals surface area contributed by atoms with Gasteiger partial charge in [0.25, 0.3) is 0 Å². The molecule has 0 fully saturated rings. The molecule has 1 rings (SSSR count).